The third-order valence-electron chi connectivity index (χ3n) is 6.78. The molecule has 1 aromatic rings. The average molecular weight is 375 g/mol. The third-order valence-corrected chi connectivity index (χ3v) is 6.78. The highest BCUT2D eigenvalue weighted by molar-refractivity contribution is 5.21. The number of piperazine rings is 2. The van der Waals surface area contributed by atoms with Crippen LogP contribution >= 0.6 is 0 Å². The van der Waals surface area contributed by atoms with Gasteiger partial charge in [-0.15, -0.1) is 0 Å². The Morgan fingerprint density at radius 2 is 1.56 bits per heavy atom. The van der Waals surface area contributed by atoms with E-state index in [1.165, 1.54) is 50.8 Å². The molecule has 5 heteroatoms. The van der Waals surface area contributed by atoms with Crippen LogP contribution in [0.25, 0.3) is 0 Å². The smallest absolute Gasteiger partial charge is 0.123 e. The monoisotopic (exact) mass is 374 g/mol. The van der Waals surface area contributed by atoms with Crippen molar-refractivity contribution in [3.8, 4) is 0 Å². The van der Waals surface area contributed by atoms with Crippen molar-refractivity contribution in [1.29, 1.82) is 0 Å². The zero-order valence-electron chi connectivity index (χ0n) is 16.6. The maximum Gasteiger partial charge on any atom is 0.123 e. The number of nitrogens with one attached hydrogen (secondary N) is 1. The van der Waals surface area contributed by atoms with Crippen LogP contribution in [0.2, 0.25) is 0 Å². The Bertz CT molecular complexity index is 558. The highest BCUT2D eigenvalue weighted by Gasteiger charge is 2.30. The lowest BCUT2D eigenvalue weighted by Crippen LogP contribution is -2.54. The molecule has 1 atom stereocenters. The number of hydrogen-bond donors (Lipinski definition) is 1. The fourth-order valence-corrected chi connectivity index (χ4v) is 5.12. The van der Waals surface area contributed by atoms with Crippen molar-refractivity contribution in [1.82, 2.24) is 20.0 Å². The summed E-state index contributed by atoms with van der Waals surface area (Å²) >= 11 is 0. The van der Waals surface area contributed by atoms with Gasteiger partial charge in [-0.3, -0.25) is 14.7 Å². The van der Waals surface area contributed by atoms with Gasteiger partial charge in [0.2, 0.25) is 0 Å². The fraction of sp³-hybridized carbons (Fsp3) is 0.727. The van der Waals surface area contributed by atoms with E-state index >= 15 is 0 Å². The van der Waals surface area contributed by atoms with Gasteiger partial charge < -0.3 is 5.32 Å². The van der Waals surface area contributed by atoms with Crippen LogP contribution in [0.1, 0.15) is 43.7 Å². The molecule has 2 heterocycles. The van der Waals surface area contributed by atoms with Crippen LogP contribution < -0.4 is 5.32 Å². The molecular formula is C22H35FN4. The van der Waals surface area contributed by atoms with Gasteiger partial charge in [-0.05, 0) is 30.5 Å². The fourth-order valence-electron chi connectivity index (χ4n) is 5.12. The number of benzene rings is 1. The van der Waals surface area contributed by atoms with Crippen LogP contribution in [-0.2, 0) is 0 Å². The second-order valence-electron chi connectivity index (χ2n) is 8.48. The standard InChI is InChI=1S/C22H35FN4/c23-20-8-6-19(7-9-20)22(18-25-12-10-24-11-13-25)27-16-14-26(15-17-27)21-4-2-1-3-5-21/h6-9,21-22,24H,1-5,10-18H2. The SMILES string of the molecule is Fc1ccc(C(CN2CCNCC2)N2CCN(C3CCCCC3)CC2)cc1. The summed E-state index contributed by atoms with van der Waals surface area (Å²) in [6, 6.07) is 8.43. The molecule has 2 aliphatic heterocycles. The summed E-state index contributed by atoms with van der Waals surface area (Å²) in [4.78, 5) is 7.95. The van der Waals surface area contributed by atoms with Crippen molar-refractivity contribution < 1.29 is 4.39 Å². The lowest BCUT2D eigenvalue weighted by Gasteiger charge is -2.44. The summed E-state index contributed by atoms with van der Waals surface area (Å²) in [5, 5.41) is 3.45. The molecule has 1 aliphatic carbocycles. The van der Waals surface area contributed by atoms with E-state index in [-0.39, 0.29) is 5.82 Å². The number of halogens is 1. The minimum absolute atomic E-state index is 0.137. The minimum atomic E-state index is -0.137. The Morgan fingerprint density at radius 3 is 2.22 bits per heavy atom. The molecule has 1 saturated carbocycles. The van der Waals surface area contributed by atoms with E-state index in [2.05, 4.69) is 20.0 Å². The van der Waals surface area contributed by atoms with Crippen LogP contribution in [0.3, 0.4) is 0 Å². The molecule has 0 aromatic heterocycles. The topological polar surface area (TPSA) is 21.8 Å². The first-order valence-corrected chi connectivity index (χ1v) is 11.0. The summed E-state index contributed by atoms with van der Waals surface area (Å²) in [5.41, 5.74) is 1.26. The van der Waals surface area contributed by atoms with Gasteiger partial charge in [0.15, 0.2) is 0 Å². The first-order valence-electron chi connectivity index (χ1n) is 11.0. The van der Waals surface area contributed by atoms with Crippen molar-refractivity contribution in [2.24, 2.45) is 0 Å². The second-order valence-corrected chi connectivity index (χ2v) is 8.48. The molecule has 0 amide bonds. The van der Waals surface area contributed by atoms with Gasteiger partial charge in [-0.2, -0.15) is 0 Å². The Kier molecular flexibility index (Phi) is 6.77. The van der Waals surface area contributed by atoms with Gasteiger partial charge in [0.1, 0.15) is 5.82 Å². The van der Waals surface area contributed by atoms with Crippen LogP contribution in [-0.4, -0.2) is 79.6 Å². The Morgan fingerprint density at radius 1 is 0.889 bits per heavy atom. The van der Waals surface area contributed by atoms with E-state index in [1.807, 2.05) is 12.1 Å². The highest BCUT2D eigenvalue weighted by Crippen LogP contribution is 2.27. The molecule has 1 aromatic carbocycles. The van der Waals surface area contributed by atoms with Crippen molar-refractivity contribution in [2.75, 3.05) is 58.9 Å². The zero-order valence-corrected chi connectivity index (χ0v) is 16.6. The number of hydrogen-bond acceptors (Lipinski definition) is 4. The van der Waals surface area contributed by atoms with Gasteiger partial charge in [-0.25, -0.2) is 4.39 Å². The van der Waals surface area contributed by atoms with Crippen LogP contribution in [0.5, 0.6) is 0 Å². The summed E-state index contributed by atoms with van der Waals surface area (Å²) in [5.74, 6) is -0.137. The van der Waals surface area contributed by atoms with Crippen LogP contribution in [0.15, 0.2) is 24.3 Å². The molecule has 4 rings (SSSR count). The minimum Gasteiger partial charge on any atom is -0.314 e. The van der Waals surface area contributed by atoms with E-state index in [0.29, 0.717) is 6.04 Å². The summed E-state index contributed by atoms with van der Waals surface area (Å²) in [6.07, 6.45) is 7.02. The molecule has 0 bridgehead atoms. The van der Waals surface area contributed by atoms with E-state index in [0.717, 1.165) is 51.9 Å². The largest absolute Gasteiger partial charge is 0.314 e. The Labute approximate surface area is 163 Å². The van der Waals surface area contributed by atoms with E-state index in [1.54, 1.807) is 12.1 Å². The molecule has 1 unspecified atom stereocenters. The van der Waals surface area contributed by atoms with Crippen molar-refractivity contribution in [3.05, 3.63) is 35.6 Å². The van der Waals surface area contributed by atoms with Gasteiger partial charge in [-0.1, -0.05) is 31.4 Å². The normalized spacial score (nSPS) is 25.5. The molecule has 4 nitrogen and oxygen atoms in total. The highest BCUT2D eigenvalue weighted by atomic mass is 19.1. The molecule has 3 fully saturated rings. The maximum absolute atomic E-state index is 13.5. The first-order chi connectivity index (χ1) is 13.3. The van der Waals surface area contributed by atoms with Gasteiger partial charge in [0.25, 0.3) is 0 Å². The van der Waals surface area contributed by atoms with Crippen LogP contribution in [0.4, 0.5) is 4.39 Å². The Balaban J connectivity index is 1.41. The first kappa shape index (κ1) is 19.3. The van der Waals surface area contributed by atoms with Crippen LogP contribution in [0, 0.1) is 5.82 Å². The molecule has 0 radical (unpaired) electrons. The molecule has 1 N–H and O–H groups in total. The lowest BCUT2D eigenvalue weighted by atomic mass is 9.93. The van der Waals surface area contributed by atoms with E-state index in [4.69, 9.17) is 0 Å². The summed E-state index contributed by atoms with van der Waals surface area (Å²) in [6.45, 7) is 10.1. The average Bonchev–Trinajstić information content (AvgIpc) is 2.74. The second kappa shape index (κ2) is 9.46. The Hall–Kier alpha value is -1.01. The zero-order chi connectivity index (χ0) is 18.5. The molecule has 3 aliphatic rings. The van der Waals surface area contributed by atoms with Gasteiger partial charge in [0.05, 0.1) is 0 Å². The van der Waals surface area contributed by atoms with Crippen molar-refractivity contribution >= 4 is 0 Å². The third kappa shape index (κ3) is 5.08. The summed E-state index contributed by atoms with van der Waals surface area (Å²) in [7, 11) is 0. The number of rotatable bonds is 5. The quantitative estimate of drug-likeness (QED) is 0.855. The molecule has 150 valence electrons. The maximum atomic E-state index is 13.5. The van der Waals surface area contributed by atoms with Crippen molar-refractivity contribution in [3.63, 3.8) is 0 Å². The molecule has 27 heavy (non-hydrogen) atoms. The van der Waals surface area contributed by atoms with E-state index in [9.17, 15) is 4.39 Å². The lowest BCUT2D eigenvalue weighted by molar-refractivity contribution is 0.0427. The molecule has 0 spiro atoms. The van der Waals surface area contributed by atoms with Crippen molar-refractivity contribution in [2.45, 2.75) is 44.2 Å². The number of nitrogens with zero attached hydrogens (tertiary/aromatic N) is 3. The predicted molar refractivity (Wildman–Crippen MR) is 108 cm³/mol. The predicted octanol–water partition coefficient (Wildman–Crippen LogP) is 2.72. The summed E-state index contributed by atoms with van der Waals surface area (Å²) < 4.78 is 13.5. The molecule has 2 saturated heterocycles. The van der Waals surface area contributed by atoms with Gasteiger partial charge >= 0.3 is 0 Å². The van der Waals surface area contributed by atoms with Gasteiger partial charge in [0, 0.05) is 71.0 Å². The molecular weight excluding hydrogens is 339 g/mol. The van der Waals surface area contributed by atoms with E-state index < -0.39 is 0 Å².